The first-order valence-electron chi connectivity index (χ1n) is 9.64. The molecule has 26 heavy (non-hydrogen) atoms. The van der Waals surface area contributed by atoms with E-state index in [9.17, 15) is 8.78 Å². The lowest BCUT2D eigenvalue weighted by molar-refractivity contribution is 0.575. The van der Waals surface area contributed by atoms with Crippen LogP contribution in [0.25, 0.3) is 11.1 Å². The molecule has 0 heterocycles. The maximum absolute atomic E-state index is 13.8. The van der Waals surface area contributed by atoms with Crippen molar-refractivity contribution in [2.75, 3.05) is 0 Å². The lowest BCUT2D eigenvalue weighted by atomic mass is 9.99. The molecule has 138 valence electrons. The Hall–Kier alpha value is -2.21. The van der Waals surface area contributed by atoms with E-state index in [1.54, 1.807) is 6.07 Å². The van der Waals surface area contributed by atoms with Gasteiger partial charge in [0.05, 0.1) is 0 Å². The fourth-order valence-corrected chi connectivity index (χ4v) is 3.17. The van der Waals surface area contributed by atoms with Crippen LogP contribution in [0.5, 0.6) is 0 Å². The van der Waals surface area contributed by atoms with Crippen molar-refractivity contribution in [1.29, 1.82) is 5.26 Å². The minimum absolute atomic E-state index is 0.456. The predicted molar refractivity (Wildman–Crippen MR) is 103 cm³/mol. The van der Waals surface area contributed by atoms with Crippen LogP contribution in [0.2, 0.25) is 0 Å². The zero-order chi connectivity index (χ0) is 18.8. The summed E-state index contributed by atoms with van der Waals surface area (Å²) < 4.78 is 27.5. The van der Waals surface area contributed by atoms with Crippen molar-refractivity contribution in [3.63, 3.8) is 0 Å². The maximum atomic E-state index is 13.8. The molecule has 2 aromatic carbocycles. The summed E-state index contributed by atoms with van der Waals surface area (Å²) in [5.74, 6) is -1.63. The third-order valence-electron chi connectivity index (χ3n) is 4.76. The molecule has 2 rings (SSSR count). The summed E-state index contributed by atoms with van der Waals surface area (Å²) in [7, 11) is 0. The lowest BCUT2D eigenvalue weighted by Crippen LogP contribution is -1.92. The highest BCUT2D eigenvalue weighted by Gasteiger charge is 2.11. The molecule has 0 amide bonds. The van der Waals surface area contributed by atoms with Crippen LogP contribution in [0.4, 0.5) is 8.78 Å². The van der Waals surface area contributed by atoms with Crippen molar-refractivity contribution < 1.29 is 8.78 Å². The van der Waals surface area contributed by atoms with Crippen LogP contribution < -0.4 is 0 Å². The van der Waals surface area contributed by atoms with Gasteiger partial charge in [-0.2, -0.15) is 5.26 Å². The number of nitriles is 1. The van der Waals surface area contributed by atoms with E-state index in [-0.39, 0.29) is 0 Å². The molecule has 0 aliphatic heterocycles. The van der Waals surface area contributed by atoms with E-state index in [1.165, 1.54) is 69.1 Å². The van der Waals surface area contributed by atoms with Crippen LogP contribution in [-0.4, -0.2) is 0 Å². The molecule has 0 bridgehead atoms. The maximum Gasteiger partial charge on any atom is 0.144 e. The number of halogens is 2. The normalized spacial score (nSPS) is 10.7. The second kappa shape index (κ2) is 10.7. The van der Waals surface area contributed by atoms with Crippen LogP contribution in [0.1, 0.15) is 69.4 Å². The Morgan fingerprint density at radius 2 is 1.31 bits per heavy atom. The summed E-state index contributed by atoms with van der Waals surface area (Å²) in [6.07, 6.45) is 11.4. The van der Waals surface area contributed by atoms with Gasteiger partial charge in [0.25, 0.3) is 0 Å². The first-order chi connectivity index (χ1) is 12.7. The zero-order valence-electron chi connectivity index (χ0n) is 15.5. The van der Waals surface area contributed by atoms with E-state index in [0.29, 0.717) is 5.56 Å². The van der Waals surface area contributed by atoms with Crippen molar-refractivity contribution in [3.05, 3.63) is 59.2 Å². The second-order valence-electron chi connectivity index (χ2n) is 6.85. The van der Waals surface area contributed by atoms with Crippen LogP contribution in [0.3, 0.4) is 0 Å². The Morgan fingerprint density at radius 3 is 1.85 bits per heavy atom. The van der Waals surface area contributed by atoms with E-state index < -0.39 is 17.2 Å². The molecule has 3 heteroatoms. The molecule has 0 radical (unpaired) electrons. The van der Waals surface area contributed by atoms with Crippen molar-refractivity contribution in [2.24, 2.45) is 0 Å². The third kappa shape index (κ3) is 5.95. The Balaban J connectivity index is 1.82. The minimum atomic E-state index is -0.814. The summed E-state index contributed by atoms with van der Waals surface area (Å²) >= 11 is 0. The van der Waals surface area contributed by atoms with Gasteiger partial charge in [-0.1, -0.05) is 76.1 Å². The molecule has 0 aliphatic carbocycles. The van der Waals surface area contributed by atoms with E-state index in [2.05, 4.69) is 6.92 Å². The fourth-order valence-electron chi connectivity index (χ4n) is 3.17. The van der Waals surface area contributed by atoms with Crippen molar-refractivity contribution in [3.8, 4) is 17.2 Å². The van der Waals surface area contributed by atoms with E-state index in [0.717, 1.165) is 12.0 Å². The summed E-state index contributed by atoms with van der Waals surface area (Å²) in [5.41, 5.74) is 1.93. The number of rotatable bonds is 10. The number of hydrogen-bond donors (Lipinski definition) is 0. The number of unbranched alkanes of at least 4 members (excludes halogenated alkanes) is 7. The summed E-state index contributed by atoms with van der Waals surface area (Å²) in [5, 5.41) is 8.74. The minimum Gasteiger partial charge on any atom is -0.205 e. The molecule has 0 aromatic heterocycles. The lowest BCUT2D eigenvalue weighted by Gasteiger charge is -2.07. The molecule has 0 atom stereocenters. The molecule has 1 nitrogen and oxygen atoms in total. The van der Waals surface area contributed by atoms with Crippen molar-refractivity contribution in [1.82, 2.24) is 0 Å². The molecule has 0 saturated carbocycles. The summed E-state index contributed by atoms with van der Waals surface area (Å²) in [4.78, 5) is 0. The quantitative estimate of drug-likeness (QED) is 0.414. The molecule has 2 aromatic rings. The van der Waals surface area contributed by atoms with Gasteiger partial charge in [-0.25, -0.2) is 8.78 Å². The molecule has 0 unspecified atom stereocenters. The second-order valence-corrected chi connectivity index (χ2v) is 6.85. The average Bonchev–Trinajstić information content (AvgIpc) is 2.64. The van der Waals surface area contributed by atoms with Gasteiger partial charge >= 0.3 is 0 Å². The summed E-state index contributed by atoms with van der Waals surface area (Å²) in [6.45, 7) is 2.24. The first-order valence-corrected chi connectivity index (χ1v) is 9.64. The zero-order valence-corrected chi connectivity index (χ0v) is 15.5. The van der Waals surface area contributed by atoms with Crippen molar-refractivity contribution in [2.45, 2.75) is 64.7 Å². The number of benzene rings is 2. The van der Waals surface area contributed by atoms with Gasteiger partial charge in [0.2, 0.25) is 0 Å². The monoisotopic (exact) mass is 355 g/mol. The topological polar surface area (TPSA) is 23.8 Å². The number of hydrogen-bond acceptors (Lipinski definition) is 1. The third-order valence-corrected chi connectivity index (χ3v) is 4.76. The van der Waals surface area contributed by atoms with Gasteiger partial charge in [0.15, 0.2) is 0 Å². The molecular weight excluding hydrogens is 328 g/mol. The number of nitrogens with zero attached hydrogens (tertiary/aromatic N) is 1. The fraction of sp³-hybridized carbons (Fsp3) is 0.435. The van der Waals surface area contributed by atoms with Gasteiger partial charge < -0.3 is 0 Å². The highest BCUT2D eigenvalue weighted by atomic mass is 19.1. The van der Waals surface area contributed by atoms with Gasteiger partial charge in [0.1, 0.15) is 23.3 Å². The highest BCUT2D eigenvalue weighted by molar-refractivity contribution is 5.65. The standard InChI is InChI=1S/C23H27F2N/c1-2-3-4-5-6-7-8-9-10-18-11-13-19(14-12-18)20-15-22(24)21(17-26)23(25)16-20/h11-16H,2-10H2,1H3. The molecule has 0 saturated heterocycles. The van der Waals surface area contributed by atoms with E-state index >= 15 is 0 Å². The van der Waals surface area contributed by atoms with Gasteiger partial charge in [-0.15, -0.1) is 0 Å². The van der Waals surface area contributed by atoms with E-state index in [4.69, 9.17) is 5.26 Å². The Bertz CT molecular complexity index is 706. The van der Waals surface area contributed by atoms with Crippen molar-refractivity contribution >= 4 is 0 Å². The Labute approximate surface area is 155 Å². The highest BCUT2D eigenvalue weighted by Crippen LogP contribution is 2.25. The predicted octanol–water partition coefficient (Wildman–Crippen LogP) is 7.19. The van der Waals surface area contributed by atoms with Crippen LogP contribution in [0, 0.1) is 23.0 Å². The van der Waals surface area contributed by atoms with E-state index in [1.807, 2.05) is 24.3 Å². The van der Waals surface area contributed by atoms with Gasteiger partial charge in [-0.05, 0) is 41.7 Å². The van der Waals surface area contributed by atoms with Crippen LogP contribution >= 0.6 is 0 Å². The van der Waals surface area contributed by atoms with Crippen LogP contribution in [-0.2, 0) is 6.42 Å². The molecule has 0 fully saturated rings. The van der Waals surface area contributed by atoms with Gasteiger partial charge in [-0.3, -0.25) is 0 Å². The SMILES string of the molecule is CCCCCCCCCCc1ccc(-c2cc(F)c(C#N)c(F)c2)cc1. The Morgan fingerprint density at radius 1 is 0.769 bits per heavy atom. The first kappa shape index (κ1) is 20.1. The summed E-state index contributed by atoms with van der Waals surface area (Å²) in [6, 6.07) is 11.8. The number of aryl methyl sites for hydroxylation is 1. The molecule has 0 spiro atoms. The van der Waals surface area contributed by atoms with Crippen LogP contribution in [0.15, 0.2) is 36.4 Å². The largest absolute Gasteiger partial charge is 0.205 e. The smallest absolute Gasteiger partial charge is 0.144 e. The Kier molecular flexibility index (Phi) is 8.28. The van der Waals surface area contributed by atoms with Gasteiger partial charge in [0, 0.05) is 0 Å². The molecular formula is C23H27F2N. The molecule has 0 N–H and O–H groups in total. The molecule has 0 aliphatic rings. The average molecular weight is 355 g/mol.